The second-order valence-corrected chi connectivity index (χ2v) is 6.73. The van der Waals surface area contributed by atoms with E-state index >= 15 is 0 Å². The highest BCUT2D eigenvalue weighted by atomic mass is 32.2. The molecule has 1 heterocycles. The Morgan fingerprint density at radius 1 is 1.14 bits per heavy atom. The van der Waals surface area contributed by atoms with Gasteiger partial charge in [0, 0.05) is 6.07 Å². The van der Waals surface area contributed by atoms with Crippen LogP contribution >= 0.6 is 11.8 Å². The van der Waals surface area contributed by atoms with Crippen LogP contribution in [-0.2, 0) is 4.79 Å². The first-order chi connectivity index (χ1) is 13.9. The molecule has 2 aromatic carbocycles. The lowest BCUT2D eigenvalue weighted by atomic mass is 10.2. The zero-order valence-electron chi connectivity index (χ0n) is 15.7. The molecule has 0 radical (unpaired) electrons. The first-order valence-electron chi connectivity index (χ1n) is 8.41. The van der Waals surface area contributed by atoms with E-state index in [0.29, 0.717) is 28.1 Å². The number of primary amides is 1. The summed E-state index contributed by atoms with van der Waals surface area (Å²) in [5.74, 6) is 0.199. The molecule has 0 aliphatic heterocycles. The van der Waals surface area contributed by atoms with Crippen LogP contribution in [0, 0.1) is 0 Å². The smallest absolute Gasteiger partial charge is 0.318 e. The van der Waals surface area contributed by atoms with Crippen molar-refractivity contribution in [2.24, 2.45) is 5.73 Å². The summed E-state index contributed by atoms with van der Waals surface area (Å²) in [7, 11) is 3.01. The summed E-state index contributed by atoms with van der Waals surface area (Å²) in [6.45, 7) is 0. The van der Waals surface area contributed by atoms with Crippen LogP contribution in [0.15, 0.2) is 52.4 Å². The van der Waals surface area contributed by atoms with Crippen LogP contribution < -0.4 is 26.1 Å². The van der Waals surface area contributed by atoms with Crippen LogP contribution in [-0.4, -0.2) is 41.5 Å². The summed E-state index contributed by atoms with van der Waals surface area (Å²) in [6.07, 6.45) is 0. The maximum atomic E-state index is 13.2. The van der Waals surface area contributed by atoms with Crippen LogP contribution in [0.5, 0.6) is 11.5 Å². The van der Waals surface area contributed by atoms with Crippen molar-refractivity contribution in [1.29, 1.82) is 0 Å². The number of fused-ring (bicyclic) bond motifs is 1. The van der Waals surface area contributed by atoms with Crippen molar-refractivity contribution in [1.82, 2.24) is 14.9 Å². The van der Waals surface area contributed by atoms with Crippen LogP contribution in [0.1, 0.15) is 0 Å². The fraction of sp³-hybridized carbons (Fsp3) is 0.158. The zero-order valence-corrected chi connectivity index (χ0v) is 16.5. The summed E-state index contributed by atoms with van der Waals surface area (Å²) >= 11 is 1.00. The number of thioether (sulfide) groups is 1. The van der Waals surface area contributed by atoms with E-state index in [0.717, 1.165) is 11.8 Å². The van der Waals surface area contributed by atoms with E-state index in [9.17, 15) is 14.4 Å². The molecule has 10 heteroatoms. The number of urea groups is 1. The molecule has 3 rings (SSSR count). The number of hydrogen-bond donors (Lipinski definition) is 2. The Labute approximate surface area is 169 Å². The van der Waals surface area contributed by atoms with Gasteiger partial charge in [0.25, 0.3) is 5.56 Å². The Hall–Kier alpha value is -3.53. The quantitative estimate of drug-likeness (QED) is 0.464. The third-order valence-corrected chi connectivity index (χ3v) is 4.90. The monoisotopic (exact) mass is 414 g/mol. The number of carbonyl (C=O) groups is 2. The molecule has 0 aliphatic carbocycles. The minimum Gasteiger partial charge on any atom is -0.493 e. The van der Waals surface area contributed by atoms with Crippen molar-refractivity contribution in [3.63, 3.8) is 0 Å². The Bertz CT molecular complexity index is 1150. The molecule has 0 spiro atoms. The molecule has 0 bridgehead atoms. The molecule has 3 amide bonds. The fourth-order valence-corrected chi connectivity index (χ4v) is 3.52. The molecule has 0 aliphatic rings. The largest absolute Gasteiger partial charge is 0.493 e. The average molecular weight is 414 g/mol. The zero-order chi connectivity index (χ0) is 21.0. The first kappa shape index (κ1) is 20.2. The molecule has 3 aromatic rings. The number of rotatable bonds is 6. The van der Waals surface area contributed by atoms with Crippen LogP contribution in [0.2, 0.25) is 0 Å². The number of amides is 3. The normalized spacial score (nSPS) is 10.6. The second kappa shape index (κ2) is 8.65. The fourth-order valence-electron chi connectivity index (χ4n) is 2.70. The van der Waals surface area contributed by atoms with Gasteiger partial charge in [-0.2, -0.15) is 0 Å². The molecule has 0 fully saturated rings. The highest BCUT2D eigenvalue weighted by Gasteiger charge is 2.17. The number of nitrogens with one attached hydrogen (secondary N) is 1. The van der Waals surface area contributed by atoms with Crippen molar-refractivity contribution in [2.75, 3.05) is 20.0 Å². The number of nitrogens with two attached hydrogens (primary N) is 1. The summed E-state index contributed by atoms with van der Waals surface area (Å²) in [6, 6.07) is 11.0. The Balaban J connectivity index is 2.13. The Kier molecular flexibility index (Phi) is 6.03. The van der Waals surface area contributed by atoms with Crippen molar-refractivity contribution in [2.45, 2.75) is 5.16 Å². The Morgan fingerprint density at radius 3 is 2.55 bits per heavy atom. The predicted octanol–water partition coefficient (Wildman–Crippen LogP) is 1.69. The van der Waals surface area contributed by atoms with E-state index in [4.69, 9.17) is 15.2 Å². The van der Waals surface area contributed by atoms with Gasteiger partial charge in [0.2, 0.25) is 5.91 Å². The molecule has 29 heavy (non-hydrogen) atoms. The number of imide groups is 1. The third kappa shape index (κ3) is 4.32. The number of aromatic nitrogens is 2. The summed E-state index contributed by atoms with van der Waals surface area (Å²) < 4.78 is 11.9. The van der Waals surface area contributed by atoms with E-state index < -0.39 is 11.9 Å². The van der Waals surface area contributed by atoms with Gasteiger partial charge >= 0.3 is 6.03 Å². The summed E-state index contributed by atoms with van der Waals surface area (Å²) in [5.41, 5.74) is 5.64. The number of para-hydroxylation sites is 1. The lowest BCUT2D eigenvalue weighted by Crippen LogP contribution is -2.36. The lowest BCUT2D eigenvalue weighted by Gasteiger charge is -2.15. The van der Waals surface area contributed by atoms with Crippen molar-refractivity contribution in [3.8, 4) is 17.2 Å². The summed E-state index contributed by atoms with van der Waals surface area (Å²) in [4.78, 5) is 40.4. The number of hydrogen-bond acceptors (Lipinski definition) is 7. The van der Waals surface area contributed by atoms with Crippen molar-refractivity contribution >= 4 is 34.6 Å². The van der Waals surface area contributed by atoms with Gasteiger partial charge < -0.3 is 15.2 Å². The van der Waals surface area contributed by atoms with E-state index in [-0.39, 0.29) is 16.5 Å². The van der Waals surface area contributed by atoms with Gasteiger partial charge in [-0.05, 0) is 24.3 Å². The van der Waals surface area contributed by atoms with Crippen molar-refractivity contribution in [3.05, 3.63) is 52.8 Å². The van der Waals surface area contributed by atoms with E-state index in [2.05, 4.69) is 4.98 Å². The van der Waals surface area contributed by atoms with Crippen LogP contribution in [0.25, 0.3) is 16.6 Å². The number of benzene rings is 2. The maximum absolute atomic E-state index is 13.2. The SMILES string of the molecule is COc1ccc(-n2c(SCC(=O)NC(N)=O)nc3ccccc3c2=O)cc1OC. The van der Waals surface area contributed by atoms with Gasteiger partial charge in [0.05, 0.1) is 36.6 Å². The molecule has 9 nitrogen and oxygen atoms in total. The number of nitrogens with zero attached hydrogens (tertiary/aromatic N) is 2. The second-order valence-electron chi connectivity index (χ2n) is 5.79. The predicted molar refractivity (Wildman–Crippen MR) is 109 cm³/mol. The molecule has 0 atom stereocenters. The maximum Gasteiger partial charge on any atom is 0.318 e. The molecular formula is C19H18N4O5S. The summed E-state index contributed by atoms with van der Waals surface area (Å²) in [5, 5.41) is 2.69. The number of methoxy groups -OCH3 is 2. The lowest BCUT2D eigenvalue weighted by molar-refractivity contribution is -0.117. The minimum absolute atomic E-state index is 0.152. The van der Waals surface area contributed by atoms with Gasteiger partial charge in [-0.25, -0.2) is 9.78 Å². The van der Waals surface area contributed by atoms with Gasteiger partial charge in [0.15, 0.2) is 16.7 Å². The molecule has 1 aromatic heterocycles. The van der Waals surface area contributed by atoms with Crippen LogP contribution in [0.4, 0.5) is 4.79 Å². The average Bonchev–Trinajstić information content (AvgIpc) is 2.71. The molecule has 3 N–H and O–H groups in total. The molecule has 0 saturated carbocycles. The number of ether oxygens (including phenoxy) is 2. The number of carbonyl (C=O) groups excluding carboxylic acids is 2. The highest BCUT2D eigenvalue weighted by Crippen LogP contribution is 2.30. The van der Waals surface area contributed by atoms with E-state index in [1.54, 1.807) is 42.5 Å². The molecule has 150 valence electrons. The van der Waals surface area contributed by atoms with E-state index in [1.807, 2.05) is 5.32 Å². The standard InChI is InChI=1S/C19H18N4O5S/c1-27-14-8-7-11(9-15(14)28-2)23-17(25)12-5-3-4-6-13(12)21-19(23)29-10-16(24)22-18(20)26/h3-9H,10H2,1-2H3,(H3,20,22,24,26). The minimum atomic E-state index is -0.945. The van der Waals surface area contributed by atoms with E-state index in [1.165, 1.54) is 18.8 Å². The van der Waals surface area contributed by atoms with Crippen molar-refractivity contribution < 1.29 is 19.1 Å². The van der Waals surface area contributed by atoms with Gasteiger partial charge in [-0.1, -0.05) is 23.9 Å². The Morgan fingerprint density at radius 2 is 1.86 bits per heavy atom. The molecule has 0 unspecified atom stereocenters. The third-order valence-electron chi connectivity index (χ3n) is 3.97. The molecule has 0 saturated heterocycles. The van der Waals surface area contributed by atoms with Gasteiger partial charge in [-0.3, -0.25) is 19.5 Å². The van der Waals surface area contributed by atoms with Crippen LogP contribution in [0.3, 0.4) is 0 Å². The molecular weight excluding hydrogens is 396 g/mol. The highest BCUT2D eigenvalue weighted by molar-refractivity contribution is 7.99. The first-order valence-corrected chi connectivity index (χ1v) is 9.39. The topological polar surface area (TPSA) is 126 Å². The van der Waals surface area contributed by atoms with Gasteiger partial charge in [-0.15, -0.1) is 0 Å². The van der Waals surface area contributed by atoms with Gasteiger partial charge in [0.1, 0.15) is 0 Å².